The van der Waals surface area contributed by atoms with Gasteiger partial charge in [-0.25, -0.2) is 4.68 Å². The molecular weight excluding hydrogens is 352 g/mol. The summed E-state index contributed by atoms with van der Waals surface area (Å²) in [5.74, 6) is 0.659. The molecule has 1 aromatic carbocycles. The van der Waals surface area contributed by atoms with Crippen LogP contribution in [0.15, 0.2) is 30.3 Å². The summed E-state index contributed by atoms with van der Waals surface area (Å²) < 4.78 is 1.64. The molecule has 2 aliphatic rings. The molecule has 2 N–H and O–H groups in total. The number of aromatic nitrogens is 4. The van der Waals surface area contributed by atoms with Gasteiger partial charge in [0.25, 0.3) is 0 Å². The average molecular weight is 377 g/mol. The smallest absolute Gasteiger partial charge is 0.245 e. The lowest BCUT2D eigenvalue weighted by atomic mass is 9.98. The molecule has 2 bridgehead atoms. The standard InChI is InChI=1S/C18H24N6O.ClH/c1-12-21-22-23-24(12)17(9-13-5-3-2-4-6-13)18(25)20-16-10-14-7-8-15(11-16)19-14;/h2-6,14-17,19H,7-11H2,1H3,(H,20,25);1H. The number of amides is 1. The van der Waals surface area contributed by atoms with Crippen LogP contribution in [0.2, 0.25) is 0 Å². The predicted octanol–water partition coefficient (Wildman–Crippen LogP) is 1.59. The van der Waals surface area contributed by atoms with E-state index < -0.39 is 6.04 Å². The Morgan fingerprint density at radius 2 is 1.96 bits per heavy atom. The van der Waals surface area contributed by atoms with Crippen molar-refractivity contribution >= 4 is 18.3 Å². The highest BCUT2D eigenvalue weighted by Crippen LogP contribution is 2.27. The van der Waals surface area contributed by atoms with Crippen LogP contribution in [0.5, 0.6) is 0 Å². The fraction of sp³-hybridized carbons (Fsp3) is 0.556. The third-order valence-electron chi connectivity index (χ3n) is 5.35. The second-order valence-corrected chi connectivity index (χ2v) is 7.19. The molecule has 2 fully saturated rings. The van der Waals surface area contributed by atoms with Crippen LogP contribution >= 0.6 is 12.4 Å². The molecule has 1 amide bonds. The molecule has 1 aromatic heterocycles. The number of nitrogens with zero attached hydrogens (tertiary/aromatic N) is 4. The van der Waals surface area contributed by atoms with E-state index in [1.807, 2.05) is 37.3 Å². The topological polar surface area (TPSA) is 84.7 Å². The van der Waals surface area contributed by atoms with Crippen molar-refractivity contribution < 1.29 is 4.79 Å². The molecule has 4 rings (SSSR count). The molecular formula is C18H25ClN6O. The third-order valence-corrected chi connectivity index (χ3v) is 5.35. The van der Waals surface area contributed by atoms with Gasteiger partial charge in [0.2, 0.25) is 5.91 Å². The summed E-state index contributed by atoms with van der Waals surface area (Å²) in [6, 6.07) is 10.9. The lowest BCUT2D eigenvalue weighted by molar-refractivity contribution is -0.125. The Morgan fingerprint density at radius 1 is 1.27 bits per heavy atom. The monoisotopic (exact) mass is 376 g/mol. The molecule has 2 aromatic rings. The Balaban J connectivity index is 0.00000196. The molecule has 0 saturated carbocycles. The minimum absolute atomic E-state index is 0. The number of carbonyl (C=O) groups excluding carboxylic acids is 1. The first kappa shape index (κ1) is 18.8. The van der Waals surface area contributed by atoms with Crippen LogP contribution in [-0.2, 0) is 11.2 Å². The largest absolute Gasteiger partial charge is 0.351 e. The van der Waals surface area contributed by atoms with Crippen molar-refractivity contribution in [3.8, 4) is 0 Å². The van der Waals surface area contributed by atoms with Gasteiger partial charge < -0.3 is 10.6 Å². The van der Waals surface area contributed by atoms with Gasteiger partial charge in [0.1, 0.15) is 11.9 Å². The maximum atomic E-state index is 13.1. The van der Waals surface area contributed by atoms with E-state index in [9.17, 15) is 4.79 Å². The second kappa shape index (κ2) is 8.14. The van der Waals surface area contributed by atoms with Crippen molar-refractivity contribution in [2.45, 2.75) is 63.2 Å². The van der Waals surface area contributed by atoms with E-state index >= 15 is 0 Å². The molecule has 140 valence electrons. The second-order valence-electron chi connectivity index (χ2n) is 7.19. The summed E-state index contributed by atoms with van der Waals surface area (Å²) in [6.45, 7) is 1.83. The lowest BCUT2D eigenvalue weighted by Crippen LogP contribution is -2.49. The number of nitrogens with one attached hydrogen (secondary N) is 2. The SMILES string of the molecule is Cc1nnnn1C(Cc1ccccc1)C(=O)NC1CC2CCC(C1)N2.Cl. The highest BCUT2D eigenvalue weighted by molar-refractivity contribution is 5.85. The van der Waals surface area contributed by atoms with Gasteiger partial charge in [-0.05, 0) is 48.6 Å². The predicted molar refractivity (Wildman–Crippen MR) is 100 cm³/mol. The number of fused-ring (bicyclic) bond motifs is 2. The van der Waals surface area contributed by atoms with Crippen LogP contribution in [0.4, 0.5) is 0 Å². The zero-order chi connectivity index (χ0) is 17.2. The van der Waals surface area contributed by atoms with Crippen LogP contribution in [0, 0.1) is 6.92 Å². The number of tetrazole rings is 1. The Morgan fingerprint density at radius 3 is 2.58 bits per heavy atom. The molecule has 3 atom stereocenters. The van der Waals surface area contributed by atoms with E-state index in [1.165, 1.54) is 12.8 Å². The fourth-order valence-corrected chi connectivity index (χ4v) is 4.13. The lowest BCUT2D eigenvalue weighted by Gasteiger charge is -2.31. The zero-order valence-electron chi connectivity index (χ0n) is 14.8. The zero-order valence-corrected chi connectivity index (χ0v) is 15.7. The summed E-state index contributed by atoms with van der Waals surface area (Å²) in [6.07, 6.45) is 5.04. The van der Waals surface area contributed by atoms with Crippen molar-refractivity contribution in [2.75, 3.05) is 0 Å². The molecule has 3 heterocycles. The molecule has 2 aliphatic heterocycles. The average Bonchev–Trinajstić information content (AvgIpc) is 3.18. The van der Waals surface area contributed by atoms with Crippen molar-refractivity contribution in [3.63, 3.8) is 0 Å². The summed E-state index contributed by atoms with van der Waals surface area (Å²) in [5.41, 5.74) is 1.10. The number of carbonyl (C=O) groups is 1. The first-order valence-electron chi connectivity index (χ1n) is 9.04. The van der Waals surface area contributed by atoms with Gasteiger partial charge in [-0.3, -0.25) is 4.79 Å². The molecule has 0 aliphatic carbocycles. The Bertz CT molecular complexity index is 724. The van der Waals surface area contributed by atoms with Gasteiger partial charge in [0.05, 0.1) is 0 Å². The van der Waals surface area contributed by atoms with Crippen molar-refractivity contribution in [2.24, 2.45) is 0 Å². The minimum atomic E-state index is -0.426. The molecule has 0 radical (unpaired) electrons. The highest BCUT2D eigenvalue weighted by atomic mass is 35.5. The van der Waals surface area contributed by atoms with Crippen molar-refractivity contribution in [1.29, 1.82) is 0 Å². The number of rotatable bonds is 5. The normalized spacial score (nSPS) is 25.3. The fourth-order valence-electron chi connectivity index (χ4n) is 4.13. The van der Waals surface area contributed by atoms with Gasteiger partial charge in [-0.1, -0.05) is 30.3 Å². The summed E-state index contributed by atoms with van der Waals surface area (Å²) in [4.78, 5) is 13.1. The Kier molecular flexibility index (Phi) is 5.88. The maximum absolute atomic E-state index is 13.1. The number of piperidine rings is 1. The van der Waals surface area contributed by atoms with E-state index in [2.05, 4.69) is 26.2 Å². The Labute approximate surface area is 159 Å². The number of benzene rings is 1. The number of aryl methyl sites for hydroxylation is 1. The van der Waals surface area contributed by atoms with E-state index in [0.717, 1.165) is 18.4 Å². The van der Waals surface area contributed by atoms with Crippen molar-refractivity contribution in [1.82, 2.24) is 30.8 Å². The van der Waals surface area contributed by atoms with Gasteiger partial charge >= 0.3 is 0 Å². The number of hydrogen-bond acceptors (Lipinski definition) is 5. The molecule has 26 heavy (non-hydrogen) atoms. The molecule has 8 heteroatoms. The summed E-state index contributed by atoms with van der Waals surface area (Å²) >= 11 is 0. The molecule has 2 saturated heterocycles. The van der Waals surface area contributed by atoms with Gasteiger partial charge in [0, 0.05) is 24.5 Å². The summed E-state index contributed by atoms with van der Waals surface area (Å²) in [7, 11) is 0. The highest BCUT2D eigenvalue weighted by Gasteiger charge is 2.35. The summed E-state index contributed by atoms with van der Waals surface area (Å²) in [5, 5.41) is 18.6. The first-order chi connectivity index (χ1) is 12.2. The Hall–Kier alpha value is -1.99. The van der Waals surface area contributed by atoms with Crippen LogP contribution < -0.4 is 10.6 Å². The molecule has 3 unspecified atom stereocenters. The maximum Gasteiger partial charge on any atom is 0.245 e. The van der Waals surface area contributed by atoms with Crippen LogP contribution in [0.1, 0.15) is 43.1 Å². The van der Waals surface area contributed by atoms with E-state index in [1.54, 1.807) is 4.68 Å². The van der Waals surface area contributed by atoms with E-state index in [4.69, 9.17) is 0 Å². The van der Waals surface area contributed by atoms with Crippen LogP contribution in [0.25, 0.3) is 0 Å². The van der Waals surface area contributed by atoms with E-state index in [0.29, 0.717) is 24.3 Å². The van der Waals surface area contributed by atoms with Gasteiger partial charge in [-0.15, -0.1) is 17.5 Å². The molecule has 0 spiro atoms. The number of hydrogen-bond donors (Lipinski definition) is 2. The van der Waals surface area contributed by atoms with Crippen molar-refractivity contribution in [3.05, 3.63) is 41.7 Å². The van der Waals surface area contributed by atoms with Gasteiger partial charge in [0.15, 0.2) is 0 Å². The van der Waals surface area contributed by atoms with E-state index in [-0.39, 0.29) is 24.4 Å². The molecule has 7 nitrogen and oxygen atoms in total. The third kappa shape index (κ3) is 4.04. The minimum Gasteiger partial charge on any atom is -0.351 e. The quantitative estimate of drug-likeness (QED) is 0.827. The number of halogens is 1. The van der Waals surface area contributed by atoms with Crippen LogP contribution in [-0.4, -0.2) is 44.2 Å². The van der Waals surface area contributed by atoms with Crippen LogP contribution in [0.3, 0.4) is 0 Å². The first-order valence-corrected chi connectivity index (χ1v) is 9.04. The van der Waals surface area contributed by atoms with Gasteiger partial charge in [-0.2, -0.15) is 0 Å².